The molecule has 0 aromatic heterocycles. The van der Waals surface area contributed by atoms with E-state index in [0.717, 1.165) is 43.5 Å². The standard InChI is InChI=1S/C23H27FN2O2/c1-2-17(18-10-12-20(24)13-11-18)16-21(27)25-22(19-8-4-3-5-9-19)23(28)26-14-6-7-15-26/h3-5,8-13,17,22H,2,6-7,14-16H2,1H3,(H,25,27)/t17?,22-/m0/s1. The first-order chi connectivity index (χ1) is 13.6. The molecule has 2 amide bonds. The smallest absolute Gasteiger partial charge is 0.249 e. The summed E-state index contributed by atoms with van der Waals surface area (Å²) in [5.41, 5.74) is 1.73. The Morgan fingerprint density at radius 1 is 1.00 bits per heavy atom. The molecule has 2 aromatic rings. The van der Waals surface area contributed by atoms with Crippen LogP contribution in [0.4, 0.5) is 4.39 Å². The number of carbonyl (C=O) groups excluding carboxylic acids is 2. The van der Waals surface area contributed by atoms with Gasteiger partial charge in [-0.05, 0) is 48.4 Å². The lowest BCUT2D eigenvalue weighted by Gasteiger charge is -2.25. The van der Waals surface area contributed by atoms with Gasteiger partial charge in [-0.3, -0.25) is 9.59 Å². The first kappa shape index (κ1) is 20.1. The fourth-order valence-corrected chi connectivity index (χ4v) is 3.73. The van der Waals surface area contributed by atoms with Gasteiger partial charge in [0.05, 0.1) is 0 Å². The SMILES string of the molecule is CCC(CC(=O)N[C@H](C(=O)N1CCCC1)c1ccccc1)c1ccc(F)cc1. The molecule has 0 saturated carbocycles. The minimum atomic E-state index is -0.669. The summed E-state index contributed by atoms with van der Waals surface area (Å²) in [6.07, 6.45) is 3.03. The fourth-order valence-electron chi connectivity index (χ4n) is 3.73. The summed E-state index contributed by atoms with van der Waals surface area (Å²) in [5, 5.41) is 2.95. The van der Waals surface area contributed by atoms with Gasteiger partial charge in [-0.15, -0.1) is 0 Å². The Balaban J connectivity index is 1.73. The molecule has 1 heterocycles. The summed E-state index contributed by atoms with van der Waals surface area (Å²) < 4.78 is 13.2. The molecular formula is C23H27FN2O2. The predicted molar refractivity (Wildman–Crippen MR) is 107 cm³/mol. The molecule has 1 N–H and O–H groups in total. The van der Waals surface area contributed by atoms with Gasteiger partial charge in [-0.1, -0.05) is 49.4 Å². The Morgan fingerprint density at radius 3 is 2.25 bits per heavy atom. The number of halogens is 1. The van der Waals surface area contributed by atoms with Gasteiger partial charge in [-0.25, -0.2) is 4.39 Å². The van der Waals surface area contributed by atoms with Crippen LogP contribution in [0.2, 0.25) is 0 Å². The van der Waals surface area contributed by atoms with Gasteiger partial charge < -0.3 is 10.2 Å². The number of benzene rings is 2. The summed E-state index contributed by atoms with van der Waals surface area (Å²) in [6, 6.07) is 15.0. The van der Waals surface area contributed by atoms with Gasteiger partial charge in [-0.2, -0.15) is 0 Å². The quantitative estimate of drug-likeness (QED) is 0.781. The Labute approximate surface area is 165 Å². The summed E-state index contributed by atoms with van der Waals surface area (Å²) in [7, 11) is 0. The van der Waals surface area contributed by atoms with E-state index in [2.05, 4.69) is 5.32 Å². The molecule has 0 bridgehead atoms. The van der Waals surface area contributed by atoms with Crippen LogP contribution in [0, 0.1) is 5.82 Å². The first-order valence-electron chi connectivity index (χ1n) is 9.97. The molecule has 1 aliphatic rings. The maximum Gasteiger partial charge on any atom is 0.249 e. The third-order valence-electron chi connectivity index (χ3n) is 5.37. The maximum absolute atomic E-state index is 13.2. The van der Waals surface area contributed by atoms with Crippen molar-refractivity contribution >= 4 is 11.8 Å². The number of hydrogen-bond donors (Lipinski definition) is 1. The highest BCUT2D eigenvalue weighted by Crippen LogP contribution is 2.25. The molecule has 1 fully saturated rings. The number of nitrogens with zero attached hydrogens (tertiary/aromatic N) is 1. The van der Waals surface area contributed by atoms with Gasteiger partial charge in [0.15, 0.2) is 0 Å². The normalized spacial score (nSPS) is 15.9. The lowest BCUT2D eigenvalue weighted by atomic mass is 9.92. The average Bonchev–Trinajstić information content (AvgIpc) is 3.26. The highest BCUT2D eigenvalue weighted by molar-refractivity contribution is 5.89. The van der Waals surface area contributed by atoms with Crippen LogP contribution in [0.5, 0.6) is 0 Å². The zero-order valence-electron chi connectivity index (χ0n) is 16.2. The third-order valence-corrected chi connectivity index (χ3v) is 5.37. The molecule has 4 nitrogen and oxygen atoms in total. The van der Waals surface area contributed by atoms with E-state index in [1.165, 1.54) is 12.1 Å². The minimum absolute atomic E-state index is 0.0149. The van der Waals surface area contributed by atoms with Crippen molar-refractivity contribution in [3.8, 4) is 0 Å². The van der Waals surface area contributed by atoms with E-state index in [0.29, 0.717) is 0 Å². The van der Waals surface area contributed by atoms with Crippen molar-refractivity contribution in [2.24, 2.45) is 0 Å². The summed E-state index contributed by atoms with van der Waals surface area (Å²) >= 11 is 0. The van der Waals surface area contributed by atoms with Crippen molar-refractivity contribution < 1.29 is 14.0 Å². The zero-order chi connectivity index (χ0) is 19.9. The Hall–Kier alpha value is -2.69. The Kier molecular flexibility index (Phi) is 6.80. The lowest BCUT2D eigenvalue weighted by Crippen LogP contribution is -2.42. The van der Waals surface area contributed by atoms with Crippen molar-refractivity contribution in [3.63, 3.8) is 0 Å². The molecule has 0 radical (unpaired) electrons. The number of hydrogen-bond acceptors (Lipinski definition) is 2. The maximum atomic E-state index is 13.2. The van der Waals surface area contributed by atoms with Crippen LogP contribution in [-0.4, -0.2) is 29.8 Å². The van der Waals surface area contributed by atoms with Crippen molar-refractivity contribution in [2.75, 3.05) is 13.1 Å². The van der Waals surface area contributed by atoms with Gasteiger partial charge in [0, 0.05) is 19.5 Å². The number of nitrogens with one attached hydrogen (secondary N) is 1. The predicted octanol–water partition coefficient (Wildman–Crippen LogP) is 4.19. The Morgan fingerprint density at radius 2 is 1.64 bits per heavy atom. The number of carbonyl (C=O) groups is 2. The third kappa shape index (κ3) is 4.97. The summed E-state index contributed by atoms with van der Waals surface area (Å²) in [5.74, 6) is -0.522. The van der Waals surface area contributed by atoms with Crippen molar-refractivity contribution in [3.05, 3.63) is 71.5 Å². The topological polar surface area (TPSA) is 49.4 Å². The van der Waals surface area contributed by atoms with Crippen molar-refractivity contribution in [1.29, 1.82) is 0 Å². The molecule has 0 spiro atoms. The molecule has 3 rings (SSSR count). The lowest BCUT2D eigenvalue weighted by molar-refractivity contribution is -0.135. The largest absolute Gasteiger partial charge is 0.341 e. The molecule has 2 atom stereocenters. The molecule has 2 aromatic carbocycles. The average molecular weight is 382 g/mol. The van der Waals surface area contributed by atoms with Crippen molar-refractivity contribution in [1.82, 2.24) is 10.2 Å². The highest BCUT2D eigenvalue weighted by Gasteiger charge is 2.29. The van der Waals surface area contributed by atoms with E-state index >= 15 is 0 Å². The molecule has 1 unspecified atom stereocenters. The van der Waals surface area contributed by atoms with E-state index < -0.39 is 6.04 Å². The zero-order valence-corrected chi connectivity index (χ0v) is 16.2. The van der Waals surface area contributed by atoms with Crippen molar-refractivity contribution in [2.45, 2.75) is 44.6 Å². The second kappa shape index (κ2) is 9.49. The molecule has 5 heteroatoms. The Bertz CT molecular complexity index is 786. The molecule has 1 saturated heterocycles. The van der Waals surface area contributed by atoms with Crippen LogP contribution in [0.3, 0.4) is 0 Å². The molecule has 28 heavy (non-hydrogen) atoms. The number of likely N-dealkylation sites (tertiary alicyclic amines) is 1. The minimum Gasteiger partial charge on any atom is -0.341 e. The van der Waals surface area contributed by atoms with Crippen LogP contribution in [0.25, 0.3) is 0 Å². The second-order valence-corrected chi connectivity index (χ2v) is 7.30. The fraction of sp³-hybridized carbons (Fsp3) is 0.391. The van der Waals surface area contributed by atoms with Crippen LogP contribution >= 0.6 is 0 Å². The van der Waals surface area contributed by atoms with Crippen LogP contribution in [-0.2, 0) is 9.59 Å². The molecule has 0 aliphatic carbocycles. The molecule has 148 valence electrons. The van der Waals surface area contributed by atoms with Gasteiger partial charge >= 0.3 is 0 Å². The van der Waals surface area contributed by atoms with Crippen LogP contribution in [0.15, 0.2) is 54.6 Å². The van der Waals surface area contributed by atoms with Gasteiger partial charge in [0.2, 0.25) is 11.8 Å². The van der Waals surface area contributed by atoms with E-state index in [4.69, 9.17) is 0 Å². The van der Waals surface area contributed by atoms with Crippen LogP contribution < -0.4 is 5.32 Å². The highest BCUT2D eigenvalue weighted by atomic mass is 19.1. The summed E-state index contributed by atoms with van der Waals surface area (Å²) in [6.45, 7) is 3.49. The monoisotopic (exact) mass is 382 g/mol. The molecule has 1 aliphatic heterocycles. The van der Waals surface area contributed by atoms with Crippen LogP contribution in [0.1, 0.15) is 55.7 Å². The van der Waals surface area contributed by atoms with E-state index in [-0.39, 0.29) is 30.0 Å². The van der Waals surface area contributed by atoms with Gasteiger partial charge in [0.1, 0.15) is 11.9 Å². The van der Waals surface area contributed by atoms with E-state index in [1.807, 2.05) is 42.2 Å². The molecular weight excluding hydrogens is 355 g/mol. The second-order valence-electron chi connectivity index (χ2n) is 7.30. The first-order valence-corrected chi connectivity index (χ1v) is 9.97. The van der Waals surface area contributed by atoms with Gasteiger partial charge in [0.25, 0.3) is 0 Å². The number of rotatable bonds is 7. The summed E-state index contributed by atoms with van der Waals surface area (Å²) in [4.78, 5) is 27.6. The van der Waals surface area contributed by atoms with E-state index in [9.17, 15) is 14.0 Å². The van der Waals surface area contributed by atoms with E-state index in [1.54, 1.807) is 12.1 Å². The number of amides is 2.